The average Bonchev–Trinajstić information content (AvgIpc) is 2.92. The summed E-state index contributed by atoms with van der Waals surface area (Å²) < 4.78 is 13.6. The standard InChI is InChI=1S/C31H35FN2O2S/c1-23-12-18-28(19-13-23)37-22-30(35)34(21-25-14-16-26(32)17-15-25)29(20-24-8-4-2-5-9-24)31(36)33-27-10-6-3-7-11-27/h2,4-5,8-9,12-19,27,29H,3,6-7,10-11,20-22H2,1H3,(H,33,36)/t29-/m0/s1. The highest BCUT2D eigenvalue weighted by Gasteiger charge is 2.31. The van der Waals surface area contributed by atoms with Crippen molar-refractivity contribution in [2.75, 3.05) is 5.75 Å². The van der Waals surface area contributed by atoms with Crippen LogP contribution in [0, 0.1) is 12.7 Å². The summed E-state index contributed by atoms with van der Waals surface area (Å²) >= 11 is 1.47. The van der Waals surface area contributed by atoms with Gasteiger partial charge in [0.2, 0.25) is 11.8 Å². The fourth-order valence-electron chi connectivity index (χ4n) is 4.75. The van der Waals surface area contributed by atoms with E-state index in [-0.39, 0.29) is 36.0 Å². The second kappa shape index (κ2) is 13.4. The number of carbonyl (C=O) groups excluding carboxylic acids is 2. The van der Waals surface area contributed by atoms with E-state index in [1.807, 2.05) is 61.5 Å². The van der Waals surface area contributed by atoms with Gasteiger partial charge >= 0.3 is 0 Å². The van der Waals surface area contributed by atoms with Crippen molar-refractivity contribution in [3.05, 3.63) is 101 Å². The molecule has 4 nitrogen and oxygen atoms in total. The number of carbonyl (C=O) groups is 2. The Hall–Kier alpha value is -3.12. The van der Waals surface area contributed by atoms with E-state index in [1.54, 1.807) is 17.0 Å². The topological polar surface area (TPSA) is 49.4 Å². The van der Waals surface area contributed by atoms with Crippen LogP contribution in [0.15, 0.2) is 83.8 Å². The number of hydrogen-bond donors (Lipinski definition) is 1. The number of benzene rings is 3. The molecule has 4 rings (SSSR count). The van der Waals surface area contributed by atoms with Crippen LogP contribution in [0.25, 0.3) is 0 Å². The lowest BCUT2D eigenvalue weighted by Crippen LogP contribution is -2.53. The van der Waals surface area contributed by atoms with Crippen LogP contribution < -0.4 is 5.32 Å². The first kappa shape index (κ1) is 26.9. The average molecular weight is 519 g/mol. The molecule has 0 unspecified atom stereocenters. The van der Waals surface area contributed by atoms with Gasteiger partial charge in [0.25, 0.3) is 0 Å². The molecule has 2 amide bonds. The van der Waals surface area contributed by atoms with Gasteiger partial charge in [-0.1, -0.05) is 79.4 Å². The summed E-state index contributed by atoms with van der Waals surface area (Å²) in [5, 5.41) is 3.25. The van der Waals surface area contributed by atoms with Crippen molar-refractivity contribution in [2.45, 2.75) is 69.0 Å². The molecular weight excluding hydrogens is 483 g/mol. The molecule has 3 aromatic rings. The minimum absolute atomic E-state index is 0.116. The van der Waals surface area contributed by atoms with E-state index in [4.69, 9.17) is 0 Å². The number of amides is 2. The zero-order valence-corrected chi connectivity index (χ0v) is 22.2. The van der Waals surface area contributed by atoms with Gasteiger partial charge in [0, 0.05) is 23.9 Å². The van der Waals surface area contributed by atoms with Crippen LogP contribution in [0.4, 0.5) is 4.39 Å². The molecule has 0 heterocycles. The van der Waals surface area contributed by atoms with Crippen molar-refractivity contribution in [1.82, 2.24) is 10.2 Å². The molecule has 0 radical (unpaired) electrons. The molecule has 37 heavy (non-hydrogen) atoms. The van der Waals surface area contributed by atoms with Crippen LogP contribution >= 0.6 is 11.8 Å². The van der Waals surface area contributed by atoms with Gasteiger partial charge in [-0.05, 0) is 55.2 Å². The molecule has 0 bridgehead atoms. The Morgan fingerprint density at radius 1 is 0.919 bits per heavy atom. The Kier molecular flexibility index (Phi) is 9.78. The monoisotopic (exact) mass is 518 g/mol. The van der Waals surface area contributed by atoms with Crippen LogP contribution in [0.1, 0.15) is 48.8 Å². The zero-order chi connectivity index (χ0) is 26.0. The fourth-order valence-corrected chi connectivity index (χ4v) is 5.53. The molecule has 1 N–H and O–H groups in total. The van der Waals surface area contributed by atoms with E-state index in [1.165, 1.54) is 30.3 Å². The number of halogens is 1. The molecule has 0 aromatic heterocycles. The molecule has 6 heteroatoms. The van der Waals surface area contributed by atoms with Crippen LogP contribution in [0.2, 0.25) is 0 Å². The molecule has 1 atom stereocenters. The van der Waals surface area contributed by atoms with Gasteiger partial charge in [-0.25, -0.2) is 4.39 Å². The largest absolute Gasteiger partial charge is 0.352 e. The molecule has 0 saturated heterocycles. The zero-order valence-electron chi connectivity index (χ0n) is 21.4. The Morgan fingerprint density at radius 3 is 2.27 bits per heavy atom. The van der Waals surface area contributed by atoms with Crippen LogP contribution in [-0.2, 0) is 22.6 Å². The number of hydrogen-bond acceptors (Lipinski definition) is 3. The van der Waals surface area contributed by atoms with Crippen molar-refractivity contribution in [3.8, 4) is 0 Å². The van der Waals surface area contributed by atoms with Gasteiger partial charge in [-0.3, -0.25) is 9.59 Å². The number of aryl methyl sites for hydroxylation is 1. The molecule has 1 aliphatic carbocycles. The van der Waals surface area contributed by atoms with E-state index in [0.29, 0.717) is 6.42 Å². The molecule has 1 saturated carbocycles. The smallest absolute Gasteiger partial charge is 0.243 e. The van der Waals surface area contributed by atoms with Gasteiger partial charge in [-0.15, -0.1) is 11.8 Å². The first-order valence-electron chi connectivity index (χ1n) is 13.1. The summed E-state index contributed by atoms with van der Waals surface area (Å²) in [6, 6.07) is 23.5. The Bertz CT molecular complexity index is 1150. The van der Waals surface area contributed by atoms with E-state index >= 15 is 0 Å². The second-order valence-corrected chi connectivity index (χ2v) is 10.8. The number of rotatable bonds is 10. The fraction of sp³-hybridized carbons (Fsp3) is 0.355. The lowest BCUT2D eigenvalue weighted by atomic mass is 9.94. The molecule has 1 aliphatic rings. The van der Waals surface area contributed by atoms with Crippen molar-refractivity contribution in [3.63, 3.8) is 0 Å². The van der Waals surface area contributed by atoms with Crippen LogP contribution in [0.5, 0.6) is 0 Å². The molecule has 194 valence electrons. The maximum absolute atomic E-state index is 13.7. The number of nitrogens with one attached hydrogen (secondary N) is 1. The molecule has 0 spiro atoms. The lowest BCUT2D eigenvalue weighted by Gasteiger charge is -2.33. The highest BCUT2D eigenvalue weighted by atomic mass is 32.2. The maximum Gasteiger partial charge on any atom is 0.243 e. The van der Waals surface area contributed by atoms with Crippen molar-refractivity contribution < 1.29 is 14.0 Å². The summed E-state index contributed by atoms with van der Waals surface area (Å²) in [6.07, 6.45) is 5.78. The summed E-state index contributed by atoms with van der Waals surface area (Å²) in [5.74, 6) is -0.347. The minimum atomic E-state index is -0.666. The van der Waals surface area contributed by atoms with E-state index in [2.05, 4.69) is 5.32 Å². The first-order valence-corrected chi connectivity index (χ1v) is 14.0. The second-order valence-electron chi connectivity index (χ2n) is 9.80. The summed E-state index contributed by atoms with van der Waals surface area (Å²) in [5.41, 5.74) is 2.95. The van der Waals surface area contributed by atoms with Crippen molar-refractivity contribution in [1.29, 1.82) is 0 Å². The SMILES string of the molecule is Cc1ccc(SCC(=O)N(Cc2ccc(F)cc2)[C@@H](Cc2ccccc2)C(=O)NC2CCCCC2)cc1. The quantitative estimate of drug-likeness (QED) is 0.320. The predicted octanol–water partition coefficient (Wildman–Crippen LogP) is 6.32. The Labute approximate surface area is 223 Å². The van der Waals surface area contributed by atoms with E-state index in [9.17, 15) is 14.0 Å². The molecule has 1 fully saturated rings. The predicted molar refractivity (Wildman–Crippen MR) is 148 cm³/mol. The lowest BCUT2D eigenvalue weighted by molar-refractivity contribution is -0.139. The van der Waals surface area contributed by atoms with Gasteiger partial charge in [0.1, 0.15) is 11.9 Å². The highest BCUT2D eigenvalue weighted by molar-refractivity contribution is 8.00. The molecule has 0 aliphatic heterocycles. The van der Waals surface area contributed by atoms with Crippen molar-refractivity contribution in [2.24, 2.45) is 0 Å². The number of nitrogens with zero attached hydrogens (tertiary/aromatic N) is 1. The van der Waals surface area contributed by atoms with Gasteiger partial charge in [0.05, 0.1) is 5.75 Å². The summed E-state index contributed by atoms with van der Waals surface area (Å²) in [4.78, 5) is 30.2. The Balaban J connectivity index is 1.59. The normalized spacial score (nSPS) is 14.6. The van der Waals surface area contributed by atoms with Crippen LogP contribution in [-0.4, -0.2) is 34.6 Å². The maximum atomic E-state index is 13.7. The molecular formula is C31H35FN2O2S. The molecule has 3 aromatic carbocycles. The summed E-state index contributed by atoms with van der Waals surface area (Å²) in [7, 11) is 0. The summed E-state index contributed by atoms with van der Waals surface area (Å²) in [6.45, 7) is 2.27. The van der Waals surface area contributed by atoms with Crippen molar-refractivity contribution >= 4 is 23.6 Å². The van der Waals surface area contributed by atoms with E-state index in [0.717, 1.165) is 47.3 Å². The van der Waals surface area contributed by atoms with Gasteiger partial charge in [0.15, 0.2) is 0 Å². The van der Waals surface area contributed by atoms with E-state index < -0.39 is 6.04 Å². The highest BCUT2D eigenvalue weighted by Crippen LogP contribution is 2.23. The van der Waals surface area contributed by atoms with Gasteiger partial charge in [-0.2, -0.15) is 0 Å². The van der Waals surface area contributed by atoms with Crippen LogP contribution in [0.3, 0.4) is 0 Å². The third-order valence-electron chi connectivity index (χ3n) is 6.87. The third-order valence-corrected chi connectivity index (χ3v) is 7.87. The number of thioether (sulfide) groups is 1. The minimum Gasteiger partial charge on any atom is -0.352 e. The first-order chi connectivity index (χ1) is 18.0. The Morgan fingerprint density at radius 2 is 1.59 bits per heavy atom. The van der Waals surface area contributed by atoms with Gasteiger partial charge < -0.3 is 10.2 Å². The third kappa shape index (κ3) is 8.19.